The smallest absolute Gasteiger partial charge is 0.194 e. The molecule has 1 aliphatic carbocycles. The minimum atomic E-state index is -0.238. The summed E-state index contributed by atoms with van der Waals surface area (Å²) >= 11 is 0. The molecule has 6 aromatic rings. The van der Waals surface area contributed by atoms with Crippen molar-refractivity contribution in [2.24, 2.45) is 23.7 Å². The molecule has 10 unspecified atom stereocenters. The number of nitrogens with zero attached hydrogens (tertiary/aromatic N) is 4. The number of carbonyl (C=O) groups is 2. The van der Waals surface area contributed by atoms with E-state index in [0.29, 0.717) is 45.9 Å². The first-order valence-electron chi connectivity index (χ1n) is 22.3. The monoisotopic (exact) mass is 820 g/mol. The highest BCUT2D eigenvalue weighted by atomic mass is 16.5. The zero-order valence-electron chi connectivity index (χ0n) is 35.5. The van der Waals surface area contributed by atoms with Crippen molar-refractivity contribution in [2.75, 3.05) is 40.4 Å². The SMILES string of the molecule is C=CC1CN2CCC1CC2C(c1ccc(C(c2ccnc3ccc(OC)cc23)C2CC3CCN2CC3C=C)c2c1C(=O)c1ccccc1C2=O)c1ccnc2ccc(OC)cc12. The lowest BCUT2D eigenvalue weighted by atomic mass is 9.65. The van der Waals surface area contributed by atoms with Crippen LogP contribution in [0.3, 0.4) is 0 Å². The molecule has 6 fully saturated rings. The average Bonchev–Trinajstić information content (AvgIpc) is 3.33. The number of carbonyl (C=O) groups excluding carboxylic acids is 2. The molecule has 13 rings (SSSR count). The normalized spacial score (nSPS) is 27.1. The van der Waals surface area contributed by atoms with Crippen LogP contribution in [0.15, 0.2) is 123 Å². The number of rotatable bonds is 10. The molecule has 4 bridgehead atoms. The quantitative estimate of drug-likeness (QED) is 0.126. The second-order valence-electron chi connectivity index (χ2n) is 18.2. The van der Waals surface area contributed by atoms with E-state index in [0.717, 1.165) is 107 Å². The van der Waals surface area contributed by atoms with Gasteiger partial charge in [-0.05, 0) is 133 Å². The van der Waals surface area contributed by atoms with Crippen LogP contribution in [0.5, 0.6) is 11.5 Å². The Bertz CT molecular complexity index is 2630. The van der Waals surface area contributed by atoms with E-state index in [9.17, 15) is 0 Å². The van der Waals surface area contributed by atoms with E-state index in [2.05, 4.69) is 71.5 Å². The maximum absolute atomic E-state index is 15.6. The van der Waals surface area contributed by atoms with Gasteiger partial charge in [0.1, 0.15) is 11.5 Å². The molecule has 2 aromatic heterocycles. The highest BCUT2D eigenvalue weighted by Gasteiger charge is 2.48. The molecule has 7 aliphatic rings. The summed E-state index contributed by atoms with van der Waals surface area (Å²) in [4.78, 5) is 46.2. The molecular formula is C54H52N4O4. The standard InChI is InChI=1S/C54H52N4O4/c1-5-31-29-57-23-19-33(31)25-47(57)49(37-17-21-55-45-15-11-35(61-3)27-43(37)45)41-13-14-42(52-51(41)53(59)39-9-7-8-10-40(39)54(52)60)50(48-26-34-20-24-58(48)30-32(34)6-2)38-18-22-56-46-16-12-36(62-4)28-44(38)46/h5-18,21-22,27-28,31-34,47-50H,1-2,19-20,23-26,29-30H2,3-4H3. The van der Waals surface area contributed by atoms with Gasteiger partial charge in [-0.2, -0.15) is 0 Å². The third-order valence-electron chi connectivity index (χ3n) is 15.5. The molecule has 6 saturated heterocycles. The fraction of sp³-hybridized carbons (Fsp3) is 0.333. The van der Waals surface area contributed by atoms with Crippen LogP contribution >= 0.6 is 0 Å². The summed E-state index contributed by atoms with van der Waals surface area (Å²) in [5.74, 6) is 2.63. The number of ether oxygens (including phenoxy) is 2. The maximum Gasteiger partial charge on any atom is 0.194 e. The van der Waals surface area contributed by atoms with Gasteiger partial charge in [-0.15, -0.1) is 13.2 Å². The molecule has 6 aliphatic heterocycles. The van der Waals surface area contributed by atoms with Crippen LogP contribution in [-0.2, 0) is 0 Å². The number of hydrogen-bond donors (Lipinski definition) is 0. The summed E-state index contributed by atoms with van der Waals surface area (Å²) in [6.45, 7) is 12.3. The Kier molecular flexibility index (Phi) is 9.69. The number of methoxy groups -OCH3 is 2. The van der Waals surface area contributed by atoms with Crippen molar-refractivity contribution >= 4 is 33.4 Å². The molecule has 312 valence electrons. The predicted molar refractivity (Wildman–Crippen MR) is 244 cm³/mol. The highest BCUT2D eigenvalue weighted by molar-refractivity contribution is 6.29. The Morgan fingerprint density at radius 3 is 1.45 bits per heavy atom. The molecule has 0 spiro atoms. The number of benzene rings is 4. The predicted octanol–water partition coefficient (Wildman–Crippen LogP) is 9.63. The minimum absolute atomic E-state index is 0.0835. The molecule has 0 N–H and O–H groups in total. The van der Waals surface area contributed by atoms with Gasteiger partial charge in [0.15, 0.2) is 11.6 Å². The Balaban J connectivity index is 1.20. The van der Waals surface area contributed by atoms with Crippen LogP contribution in [0.4, 0.5) is 0 Å². The molecule has 62 heavy (non-hydrogen) atoms. The van der Waals surface area contributed by atoms with Crippen LogP contribution < -0.4 is 9.47 Å². The van der Waals surface area contributed by atoms with Crippen molar-refractivity contribution in [3.63, 3.8) is 0 Å². The summed E-state index contributed by atoms with van der Waals surface area (Å²) in [5.41, 5.74) is 7.71. The zero-order valence-corrected chi connectivity index (χ0v) is 35.5. The van der Waals surface area contributed by atoms with Crippen LogP contribution in [-0.4, -0.2) is 83.8 Å². The van der Waals surface area contributed by atoms with Crippen LogP contribution in [0.2, 0.25) is 0 Å². The Hall–Kier alpha value is -5.96. The van der Waals surface area contributed by atoms with Gasteiger partial charge >= 0.3 is 0 Å². The zero-order chi connectivity index (χ0) is 42.2. The van der Waals surface area contributed by atoms with E-state index in [-0.39, 0.29) is 35.5 Å². The van der Waals surface area contributed by atoms with Gasteiger partial charge in [0.2, 0.25) is 0 Å². The van der Waals surface area contributed by atoms with E-state index in [4.69, 9.17) is 19.4 Å². The van der Waals surface area contributed by atoms with Crippen molar-refractivity contribution in [1.82, 2.24) is 19.8 Å². The molecule has 0 saturated carbocycles. The third kappa shape index (κ3) is 6.09. The Labute approximate surface area is 363 Å². The van der Waals surface area contributed by atoms with Gasteiger partial charge in [-0.25, -0.2) is 0 Å². The molecule has 8 nitrogen and oxygen atoms in total. The van der Waals surface area contributed by atoms with E-state index in [1.165, 1.54) is 0 Å². The lowest BCUT2D eigenvalue weighted by Gasteiger charge is -2.52. The van der Waals surface area contributed by atoms with Crippen molar-refractivity contribution in [2.45, 2.75) is 49.6 Å². The number of pyridine rings is 2. The lowest BCUT2D eigenvalue weighted by molar-refractivity contribution is 0.0116. The first-order valence-corrected chi connectivity index (χ1v) is 22.3. The van der Waals surface area contributed by atoms with Gasteiger partial charge in [-0.3, -0.25) is 29.4 Å². The van der Waals surface area contributed by atoms with Gasteiger partial charge in [0.05, 0.1) is 25.3 Å². The van der Waals surface area contributed by atoms with Gasteiger partial charge < -0.3 is 9.47 Å². The number of piperidine rings is 6. The molecule has 8 heteroatoms. The van der Waals surface area contributed by atoms with E-state index < -0.39 is 0 Å². The number of hydrogen-bond acceptors (Lipinski definition) is 8. The molecular weight excluding hydrogens is 769 g/mol. The molecule has 0 amide bonds. The number of ketones is 2. The summed E-state index contributed by atoms with van der Waals surface area (Å²) in [6.07, 6.45) is 12.2. The molecule has 10 atom stereocenters. The fourth-order valence-electron chi connectivity index (χ4n) is 12.5. The summed E-state index contributed by atoms with van der Waals surface area (Å²) in [5, 5.41) is 1.98. The summed E-state index contributed by atoms with van der Waals surface area (Å²) < 4.78 is 11.6. The van der Waals surface area contributed by atoms with Crippen molar-refractivity contribution in [3.05, 3.63) is 167 Å². The van der Waals surface area contributed by atoms with Crippen LogP contribution in [0, 0.1) is 23.7 Å². The first-order chi connectivity index (χ1) is 30.4. The summed E-state index contributed by atoms with van der Waals surface area (Å²) in [6, 6.07) is 28.4. The van der Waals surface area contributed by atoms with Crippen molar-refractivity contribution in [3.8, 4) is 11.5 Å². The van der Waals surface area contributed by atoms with E-state index in [1.807, 2.05) is 60.9 Å². The van der Waals surface area contributed by atoms with Gasteiger partial charge in [0.25, 0.3) is 0 Å². The number of fused-ring (bicyclic) bond motifs is 10. The maximum atomic E-state index is 15.6. The van der Waals surface area contributed by atoms with Crippen LogP contribution in [0.1, 0.15) is 91.6 Å². The third-order valence-corrected chi connectivity index (χ3v) is 15.5. The van der Waals surface area contributed by atoms with Crippen molar-refractivity contribution in [1.29, 1.82) is 0 Å². The molecule has 8 heterocycles. The fourth-order valence-corrected chi connectivity index (χ4v) is 12.5. The number of aromatic nitrogens is 2. The second-order valence-corrected chi connectivity index (χ2v) is 18.2. The largest absolute Gasteiger partial charge is 0.497 e. The van der Waals surface area contributed by atoms with Gasteiger partial charge in [0, 0.05) is 82.4 Å². The first kappa shape index (κ1) is 38.9. The van der Waals surface area contributed by atoms with E-state index >= 15 is 9.59 Å². The average molecular weight is 821 g/mol. The minimum Gasteiger partial charge on any atom is -0.497 e. The Morgan fingerprint density at radius 2 is 1.06 bits per heavy atom. The highest BCUT2D eigenvalue weighted by Crippen LogP contribution is 2.51. The second kappa shape index (κ2) is 15.4. The van der Waals surface area contributed by atoms with Crippen molar-refractivity contribution < 1.29 is 19.1 Å². The van der Waals surface area contributed by atoms with Gasteiger partial charge in [-0.1, -0.05) is 48.6 Å². The van der Waals surface area contributed by atoms with Crippen LogP contribution in [0.25, 0.3) is 21.8 Å². The topological polar surface area (TPSA) is 84.9 Å². The van der Waals surface area contributed by atoms with E-state index in [1.54, 1.807) is 14.2 Å². The molecule has 4 aromatic carbocycles. The molecule has 0 radical (unpaired) electrons. The summed E-state index contributed by atoms with van der Waals surface area (Å²) in [7, 11) is 3.38. The lowest BCUT2D eigenvalue weighted by Crippen LogP contribution is -2.55. The Morgan fingerprint density at radius 1 is 0.613 bits per heavy atom.